The Morgan fingerprint density at radius 2 is 1.21 bits per heavy atom. The predicted octanol–water partition coefficient (Wildman–Crippen LogP) is 4.07. The summed E-state index contributed by atoms with van der Waals surface area (Å²) in [5, 5.41) is 3.31. The first-order valence-corrected chi connectivity index (χ1v) is 7.84. The molecule has 3 nitrogen and oxygen atoms in total. The number of benzene rings is 3. The Hall–Kier alpha value is -3.20. The van der Waals surface area contributed by atoms with E-state index < -0.39 is 0 Å². The van der Waals surface area contributed by atoms with E-state index in [1.54, 1.807) is 36.4 Å². The van der Waals surface area contributed by atoms with Crippen LogP contribution in [-0.2, 0) is 6.54 Å². The van der Waals surface area contributed by atoms with E-state index in [0.29, 0.717) is 28.8 Å². The summed E-state index contributed by atoms with van der Waals surface area (Å²) in [5.41, 5.74) is 3.90. The number of fused-ring (bicyclic) bond motifs is 2. The second-order valence-electron chi connectivity index (χ2n) is 5.80. The molecule has 0 spiro atoms. The van der Waals surface area contributed by atoms with E-state index in [1.165, 1.54) is 0 Å². The fraction of sp³-hybridized carbons (Fsp3) is 0.0476. The molecule has 0 saturated heterocycles. The SMILES string of the molecule is O=C1c2ccccc2C(=O)c2cc(NCc3ccccc3)ccc21. The molecule has 0 radical (unpaired) electrons. The van der Waals surface area contributed by atoms with Crippen LogP contribution in [0.2, 0.25) is 0 Å². The van der Waals surface area contributed by atoms with Crippen molar-refractivity contribution in [3.8, 4) is 0 Å². The molecular weight excluding hydrogens is 298 g/mol. The molecule has 4 rings (SSSR count). The Kier molecular flexibility index (Phi) is 3.47. The lowest BCUT2D eigenvalue weighted by molar-refractivity contribution is 0.0979. The van der Waals surface area contributed by atoms with Gasteiger partial charge in [-0.3, -0.25) is 9.59 Å². The third kappa shape index (κ3) is 2.40. The van der Waals surface area contributed by atoms with Crippen molar-refractivity contribution in [1.29, 1.82) is 0 Å². The van der Waals surface area contributed by atoms with Gasteiger partial charge in [0.05, 0.1) is 0 Å². The van der Waals surface area contributed by atoms with E-state index in [9.17, 15) is 9.59 Å². The van der Waals surface area contributed by atoms with Gasteiger partial charge in [0.25, 0.3) is 0 Å². The molecule has 3 heteroatoms. The summed E-state index contributed by atoms with van der Waals surface area (Å²) in [4.78, 5) is 25.3. The van der Waals surface area contributed by atoms with E-state index in [1.807, 2.05) is 36.4 Å². The minimum Gasteiger partial charge on any atom is -0.381 e. The molecule has 0 aliphatic heterocycles. The molecule has 24 heavy (non-hydrogen) atoms. The predicted molar refractivity (Wildman–Crippen MR) is 93.5 cm³/mol. The van der Waals surface area contributed by atoms with E-state index in [0.717, 1.165) is 11.3 Å². The van der Waals surface area contributed by atoms with Crippen molar-refractivity contribution in [3.63, 3.8) is 0 Å². The molecule has 0 atom stereocenters. The topological polar surface area (TPSA) is 46.2 Å². The van der Waals surface area contributed by atoms with Gasteiger partial charge in [-0.15, -0.1) is 0 Å². The summed E-state index contributed by atoms with van der Waals surface area (Å²) in [6, 6.07) is 22.4. The van der Waals surface area contributed by atoms with Gasteiger partial charge in [-0.25, -0.2) is 0 Å². The summed E-state index contributed by atoms with van der Waals surface area (Å²) < 4.78 is 0. The van der Waals surface area contributed by atoms with Crippen LogP contribution < -0.4 is 5.32 Å². The Morgan fingerprint density at radius 1 is 0.625 bits per heavy atom. The van der Waals surface area contributed by atoms with Crippen molar-refractivity contribution >= 4 is 17.3 Å². The normalized spacial score (nSPS) is 12.5. The third-order valence-corrected chi connectivity index (χ3v) is 4.26. The summed E-state index contributed by atoms with van der Waals surface area (Å²) in [6.07, 6.45) is 0. The van der Waals surface area contributed by atoms with Crippen LogP contribution in [0.5, 0.6) is 0 Å². The smallest absolute Gasteiger partial charge is 0.194 e. The maximum Gasteiger partial charge on any atom is 0.194 e. The lowest BCUT2D eigenvalue weighted by Crippen LogP contribution is -2.20. The summed E-state index contributed by atoms with van der Waals surface area (Å²) in [6.45, 7) is 0.665. The van der Waals surface area contributed by atoms with Gasteiger partial charge in [0.2, 0.25) is 0 Å². The molecule has 0 aromatic heterocycles. The maximum atomic E-state index is 12.7. The molecule has 3 aromatic carbocycles. The quantitative estimate of drug-likeness (QED) is 0.620. The molecule has 0 amide bonds. The van der Waals surface area contributed by atoms with Crippen LogP contribution in [0.15, 0.2) is 72.8 Å². The number of hydrogen-bond acceptors (Lipinski definition) is 3. The number of nitrogens with one attached hydrogen (secondary N) is 1. The van der Waals surface area contributed by atoms with E-state index in [4.69, 9.17) is 0 Å². The van der Waals surface area contributed by atoms with Crippen LogP contribution in [0.1, 0.15) is 37.4 Å². The number of carbonyl (C=O) groups is 2. The first-order chi connectivity index (χ1) is 11.7. The van der Waals surface area contributed by atoms with Crippen LogP contribution in [-0.4, -0.2) is 11.6 Å². The third-order valence-electron chi connectivity index (χ3n) is 4.26. The lowest BCUT2D eigenvalue weighted by Gasteiger charge is -2.18. The van der Waals surface area contributed by atoms with Crippen LogP contribution in [0, 0.1) is 0 Å². The van der Waals surface area contributed by atoms with Crippen molar-refractivity contribution in [2.24, 2.45) is 0 Å². The number of anilines is 1. The van der Waals surface area contributed by atoms with Gasteiger partial charge < -0.3 is 5.32 Å². The first-order valence-electron chi connectivity index (χ1n) is 7.84. The molecule has 0 saturated carbocycles. The zero-order chi connectivity index (χ0) is 16.5. The van der Waals surface area contributed by atoms with Crippen LogP contribution >= 0.6 is 0 Å². The zero-order valence-electron chi connectivity index (χ0n) is 13.0. The Balaban J connectivity index is 1.66. The fourth-order valence-electron chi connectivity index (χ4n) is 3.01. The van der Waals surface area contributed by atoms with Gasteiger partial charge in [0.15, 0.2) is 11.6 Å². The van der Waals surface area contributed by atoms with Crippen LogP contribution in [0.3, 0.4) is 0 Å². The average molecular weight is 313 g/mol. The number of ketones is 2. The highest BCUT2D eigenvalue weighted by Gasteiger charge is 2.29. The van der Waals surface area contributed by atoms with Crippen molar-refractivity contribution in [2.45, 2.75) is 6.54 Å². The highest BCUT2D eigenvalue weighted by molar-refractivity contribution is 6.28. The molecule has 0 bridgehead atoms. The van der Waals surface area contributed by atoms with Crippen LogP contribution in [0.25, 0.3) is 0 Å². The average Bonchev–Trinajstić information content (AvgIpc) is 2.65. The maximum absolute atomic E-state index is 12.7. The lowest BCUT2D eigenvalue weighted by atomic mass is 9.84. The molecule has 116 valence electrons. The second-order valence-corrected chi connectivity index (χ2v) is 5.80. The van der Waals surface area contributed by atoms with Crippen LogP contribution in [0.4, 0.5) is 5.69 Å². The zero-order valence-corrected chi connectivity index (χ0v) is 13.0. The van der Waals surface area contributed by atoms with E-state index >= 15 is 0 Å². The van der Waals surface area contributed by atoms with Gasteiger partial charge in [-0.1, -0.05) is 54.6 Å². The second kappa shape index (κ2) is 5.78. The van der Waals surface area contributed by atoms with Gasteiger partial charge >= 0.3 is 0 Å². The summed E-state index contributed by atoms with van der Waals surface area (Å²) in [7, 11) is 0. The van der Waals surface area contributed by atoms with Crippen molar-refractivity contribution in [2.75, 3.05) is 5.32 Å². The number of rotatable bonds is 3. The van der Waals surface area contributed by atoms with Crippen molar-refractivity contribution in [1.82, 2.24) is 0 Å². The van der Waals surface area contributed by atoms with Gasteiger partial charge in [0, 0.05) is 34.5 Å². The van der Waals surface area contributed by atoms with Gasteiger partial charge in [-0.2, -0.15) is 0 Å². The van der Waals surface area contributed by atoms with E-state index in [2.05, 4.69) is 5.32 Å². The molecule has 3 aromatic rings. The Morgan fingerprint density at radius 3 is 1.92 bits per heavy atom. The first kappa shape index (κ1) is 14.4. The summed E-state index contributed by atoms with van der Waals surface area (Å²) in [5.74, 6) is -0.182. The standard InChI is InChI=1S/C21H15NO2/c23-20-16-8-4-5-9-17(16)21(24)19-12-15(10-11-18(19)20)22-13-14-6-2-1-3-7-14/h1-12,22H,13H2. The van der Waals surface area contributed by atoms with Crippen molar-refractivity contribution in [3.05, 3.63) is 101 Å². The Labute approximate surface area is 140 Å². The molecular formula is C21H15NO2. The summed E-state index contributed by atoms with van der Waals surface area (Å²) >= 11 is 0. The molecule has 1 aliphatic carbocycles. The molecule has 1 N–H and O–H groups in total. The highest BCUT2D eigenvalue weighted by atomic mass is 16.1. The molecule has 0 fully saturated rings. The Bertz CT molecular complexity index is 945. The highest BCUT2D eigenvalue weighted by Crippen LogP contribution is 2.29. The fourth-order valence-corrected chi connectivity index (χ4v) is 3.01. The minimum atomic E-state index is -0.0939. The largest absolute Gasteiger partial charge is 0.381 e. The molecule has 0 unspecified atom stereocenters. The molecule has 1 aliphatic rings. The monoisotopic (exact) mass is 313 g/mol. The van der Waals surface area contributed by atoms with Crippen molar-refractivity contribution < 1.29 is 9.59 Å². The van der Waals surface area contributed by atoms with E-state index in [-0.39, 0.29) is 11.6 Å². The molecule has 0 heterocycles. The van der Waals surface area contributed by atoms with Gasteiger partial charge in [0.1, 0.15) is 0 Å². The number of carbonyl (C=O) groups excluding carboxylic acids is 2. The number of hydrogen-bond donors (Lipinski definition) is 1. The minimum absolute atomic E-state index is 0.0881. The van der Waals surface area contributed by atoms with Gasteiger partial charge in [-0.05, 0) is 23.8 Å².